The summed E-state index contributed by atoms with van der Waals surface area (Å²) in [6.07, 6.45) is 1.01. The maximum atomic E-state index is 13.9. The van der Waals surface area contributed by atoms with Crippen LogP contribution in [-0.4, -0.2) is 34.3 Å². The Labute approximate surface area is 130 Å². The summed E-state index contributed by atoms with van der Waals surface area (Å²) in [5.41, 5.74) is 6.50. The van der Waals surface area contributed by atoms with Crippen molar-refractivity contribution in [2.45, 2.75) is 19.4 Å². The van der Waals surface area contributed by atoms with Gasteiger partial charge in [-0.15, -0.1) is 5.10 Å². The number of halogens is 2. The number of nitrogens with zero attached hydrogens (tertiary/aromatic N) is 3. The van der Waals surface area contributed by atoms with Crippen LogP contribution in [-0.2, 0) is 0 Å². The average molecular weight is 354 g/mol. The average Bonchev–Trinajstić information content (AvgIpc) is 2.94. The van der Waals surface area contributed by atoms with E-state index in [0.29, 0.717) is 23.3 Å². The predicted molar refractivity (Wildman–Crippen MR) is 83.4 cm³/mol. The van der Waals surface area contributed by atoms with Crippen molar-refractivity contribution in [1.82, 2.24) is 15.2 Å². The van der Waals surface area contributed by atoms with Gasteiger partial charge < -0.3 is 10.6 Å². The largest absolute Gasteiger partial charge is 0.338 e. The number of aromatic amines is 1. The zero-order valence-electron chi connectivity index (χ0n) is 11.7. The number of piperidine rings is 1. The minimum absolute atomic E-state index is 0.114. The lowest BCUT2D eigenvalue weighted by molar-refractivity contribution is 0.376. The molecule has 0 bridgehead atoms. The van der Waals surface area contributed by atoms with Crippen LogP contribution < -0.4 is 10.6 Å². The summed E-state index contributed by atoms with van der Waals surface area (Å²) in [5.74, 6) is 1.18. The zero-order chi connectivity index (χ0) is 15.0. The fraction of sp³-hybridized carbons (Fsp3) is 0.429. The van der Waals surface area contributed by atoms with Crippen LogP contribution >= 0.6 is 15.9 Å². The van der Waals surface area contributed by atoms with Gasteiger partial charge in [-0.25, -0.2) is 4.39 Å². The monoisotopic (exact) mass is 353 g/mol. The molecule has 3 N–H and O–H groups in total. The molecule has 3 rings (SSSR count). The summed E-state index contributed by atoms with van der Waals surface area (Å²) >= 11 is 3.34. The summed E-state index contributed by atoms with van der Waals surface area (Å²) in [5, 5.41) is 7.01. The van der Waals surface area contributed by atoms with Gasteiger partial charge in [-0.1, -0.05) is 22.9 Å². The van der Waals surface area contributed by atoms with E-state index >= 15 is 0 Å². The van der Waals surface area contributed by atoms with Crippen LogP contribution in [0.1, 0.15) is 13.3 Å². The van der Waals surface area contributed by atoms with Gasteiger partial charge in [0, 0.05) is 23.6 Å². The van der Waals surface area contributed by atoms with E-state index in [2.05, 4.69) is 38.0 Å². The number of rotatable bonds is 2. The number of hydrogen-bond donors (Lipinski definition) is 2. The van der Waals surface area contributed by atoms with Crippen LogP contribution in [0.5, 0.6) is 0 Å². The highest BCUT2D eigenvalue weighted by atomic mass is 79.9. The van der Waals surface area contributed by atoms with Crippen LogP contribution in [0.15, 0.2) is 22.7 Å². The number of nitrogens with two attached hydrogens (primary N) is 1. The molecule has 0 spiro atoms. The molecule has 1 saturated heterocycles. The van der Waals surface area contributed by atoms with Crippen molar-refractivity contribution in [3.05, 3.63) is 28.5 Å². The van der Waals surface area contributed by atoms with E-state index in [-0.39, 0.29) is 11.9 Å². The van der Waals surface area contributed by atoms with Gasteiger partial charge in [0.1, 0.15) is 5.82 Å². The van der Waals surface area contributed by atoms with Crippen LogP contribution in [0.25, 0.3) is 11.4 Å². The van der Waals surface area contributed by atoms with Crippen molar-refractivity contribution in [2.75, 3.05) is 18.0 Å². The fourth-order valence-electron chi connectivity index (χ4n) is 2.47. The number of benzene rings is 1. The van der Waals surface area contributed by atoms with Gasteiger partial charge in [0.25, 0.3) is 0 Å². The second-order valence-corrected chi connectivity index (χ2v) is 6.40. The van der Waals surface area contributed by atoms with Crippen LogP contribution in [0.4, 0.5) is 10.3 Å². The van der Waals surface area contributed by atoms with E-state index in [1.165, 1.54) is 6.07 Å². The molecule has 0 amide bonds. The number of hydrogen-bond acceptors (Lipinski definition) is 4. The molecular formula is C14H17BrFN5. The first-order valence-electron chi connectivity index (χ1n) is 6.93. The molecular weight excluding hydrogens is 337 g/mol. The Morgan fingerprint density at radius 3 is 3.05 bits per heavy atom. The third kappa shape index (κ3) is 2.94. The molecule has 2 heterocycles. The number of anilines is 1. The van der Waals surface area contributed by atoms with Gasteiger partial charge in [0.15, 0.2) is 5.82 Å². The Hall–Kier alpha value is -1.47. The van der Waals surface area contributed by atoms with E-state index in [0.717, 1.165) is 24.0 Å². The number of nitrogens with one attached hydrogen (secondary N) is 1. The third-order valence-electron chi connectivity index (χ3n) is 3.96. The van der Waals surface area contributed by atoms with Gasteiger partial charge >= 0.3 is 0 Å². The molecule has 2 atom stereocenters. The molecule has 1 aliphatic heterocycles. The quantitative estimate of drug-likeness (QED) is 0.870. The summed E-state index contributed by atoms with van der Waals surface area (Å²) in [6, 6.07) is 4.86. The summed E-state index contributed by atoms with van der Waals surface area (Å²) in [4.78, 5) is 6.45. The highest BCUT2D eigenvalue weighted by Gasteiger charge is 2.25. The van der Waals surface area contributed by atoms with E-state index in [1.54, 1.807) is 12.1 Å². The molecule has 112 valence electrons. The second-order valence-electron chi connectivity index (χ2n) is 5.48. The highest BCUT2D eigenvalue weighted by molar-refractivity contribution is 9.10. The number of aromatic nitrogens is 3. The fourth-order valence-corrected chi connectivity index (χ4v) is 2.84. The Balaban J connectivity index is 1.85. The molecule has 7 heteroatoms. The lowest BCUT2D eigenvalue weighted by Gasteiger charge is -2.34. The summed E-state index contributed by atoms with van der Waals surface area (Å²) in [7, 11) is 0. The molecule has 1 aromatic heterocycles. The van der Waals surface area contributed by atoms with E-state index in [9.17, 15) is 4.39 Å². The topological polar surface area (TPSA) is 70.8 Å². The van der Waals surface area contributed by atoms with Gasteiger partial charge in [-0.3, -0.25) is 5.10 Å². The Kier molecular flexibility index (Phi) is 3.95. The molecule has 0 radical (unpaired) electrons. The Bertz CT molecular complexity index is 644. The molecule has 21 heavy (non-hydrogen) atoms. The van der Waals surface area contributed by atoms with Crippen LogP contribution in [0.2, 0.25) is 0 Å². The Morgan fingerprint density at radius 2 is 2.29 bits per heavy atom. The lowest BCUT2D eigenvalue weighted by atomic mass is 9.95. The van der Waals surface area contributed by atoms with Gasteiger partial charge in [0.2, 0.25) is 5.95 Å². The smallest absolute Gasteiger partial charge is 0.245 e. The van der Waals surface area contributed by atoms with Crippen molar-refractivity contribution in [1.29, 1.82) is 0 Å². The highest BCUT2D eigenvalue weighted by Crippen LogP contribution is 2.26. The zero-order valence-corrected chi connectivity index (χ0v) is 13.3. The first-order valence-corrected chi connectivity index (χ1v) is 7.72. The van der Waals surface area contributed by atoms with E-state index in [1.807, 2.05) is 4.90 Å². The van der Waals surface area contributed by atoms with Crippen molar-refractivity contribution in [3.63, 3.8) is 0 Å². The molecule has 5 nitrogen and oxygen atoms in total. The number of H-pyrrole nitrogens is 1. The molecule has 2 aromatic rings. The van der Waals surface area contributed by atoms with Crippen LogP contribution in [0, 0.1) is 11.7 Å². The van der Waals surface area contributed by atoms with Crippen molar-refractivity contribution >= 4 is 21.9 Å². The molecule has 1 aromatic carbocycles. The van der Waals surface area contributed by atoms with Crippen molar-refractivity contribution in [3.8, 4) is 11.4 Å². The van der Waals surface area contributed by atoms with Crippen molar-refractivity contribution in [2.24, 2.45) is 11.7 Å². The maximum absolute atomic E-state index is 13.9. The standard InChI is InChI=1S/C14H17BrFN5/c1-8-4-5-21(7-12(8)17)14-18-13(19-20-14)10-6-9(15)2-3-11(10)16/h2-3,6,8,12H,4-5,7,17H2,1H3,(H,18,19,20). The van der Waals surface area contributed by atoms with Gasteiger partial charge in [-0.2, -0.15) is 4.98 Å². The molecule has 0 aliphatic carbocycles. The minimum Gasteiger partial charge on any atom is -0.338 e. The van der Waals surface area contributed by atoms with E-state index in [4.69, 9.17) is 5.73 Å². The summed E-state index contributed by atoms with van der Waals surface area (Å²) in [6.45, 7) is 3.74. The summed E-state index contributed by atoms with van der Waals surface area (Å²) < 4.78 is 14.7. The lowest BCUT2D eigenvalue weighted by Crippen LogP contribution is -2.48. The molecule has 1 fully saturated rings. The minimum atomic E-state index is -0.329. The first kappa shape index (κ1) is 14.5. The third-order valence-corrected chi connectivity index (χ3v) is 4.45. The Morgan fingerprint density at radius 1 is 1.48 bits per heavy atom. The van der Waals surface area contributed by atoms with Crippen LogP contribution in [0.3, 0.4) is 0 Å². The molecule has 0 saturated carbocycles. The normalized spacial score (nSPS) is 22.6. The molecule has 2 unspecified atom stereocenters. The second kappa shape index (κ2) is 5.73. The predicted octanol–water partition coefficient (Wildman–Crippen LogP) is 2.55. The van der Waals surface area contributed by atoms with E-state index < -0.39 is 0 Å². The first-order chi connectivity index (χ1) is 10.0. The SMILES string of the molecule is CC1CCN(c2n[nH]c(-c3cc(Br)ccc3F)n2)CC1N. The van der Waals surface area contributed by atoms with Gasteiger partial charge in [0.05, 0.1) is 5.56 Å². The maximum Gasteiger partial charge on any atom is 0.245 e. The molecule has 1 aliphatic rings. The van der Waals surface area contributed by atoms with Gasteiger partial charge in [-0.05, 0) is 30.5 Å². The van der Waals surface area contributed by atoms with Crippen molar-refractivity contribution < 1.29 is 4.39 Å².